The molecule has 1 unspecified atom stereocenters. The van der Waals surface area contributed by atoms with E-state index in [4.69, 9.17) is 27.9 Å². The van der Waals surface area contributed by atoms with Gasteiger partial charge >= 0.3 is 0 Å². The number of tetrazole rings is 1. The fraction of sp³-hybridized carbons (Fsp3) is 0.474. The summed E-state index contributed by atoms with van der Waals surface area (Å²) in [6, 6.07) is 5.41. The lowest BCUT2D eigenvalue weighted by molar-refractivity contribution is 0.0923. The molecule has 0 radical (unpaired) electrons. The topological polar surface area (TPSA) is 82.7 Å². The second-order valence-electron chi connectivity index (χ2n) is 7.07. The molecule has 0 saturated carbocycles. The first-order valence-corrected chi connectivity index (χ1v) is 10.5. The smallest absolute Gasteiger partial charge is 0.172 e. The largest absolute Gasteiger partial charge is 0.376 e. The van der Waals surface area contributed by atoms with Crippen molar-refractivity contribution in [3.05, 3.63) is 58.4 Å². The minimum Gasteiger partial charge on any atom is -0.376 e. The number of ether oxygens (including phenoxy) is 1. The van der Waals surface area contributed by atoms with Crippen molar-refractivity contribution < 1.29 is 4.74 Å². The van der Waals surface area contributed by atoms with E-state index in [0.29, 0.717) is 16.6 Å². The maximum Gasteiger partial charge on any atom is 0.172 e. The van der Waals surface area contributed by atoms with Crippen LogP contribution in [0.3, 0.4) is 0 Å². The molecule has 3 aromatic rings. The Kier molecular flexibility index (Phi) is 6.76. The van der Waals surface area contributed by atoms with Crippen molar-refractivity contribution in [3.63, 3.8) is 0 Å². The molecule has 1 saturated heterocycles. The molecule has 0 amide bonds. The van der Waals surface area contributed by atoms with E-state index in [1.54, 1.807) is 12.3 Å². The lowest BCUT2D eigenvalue weighted by Gasteiger charge is -2.20. The summed E-state index contributed by atoms with van der Waals surface area (Å²) in [5.41, 5.74) is 0.963. The molecule has 0 aliphatic carbocycles. The number of nitrogens with zero attached hydrogens (tertiary/aromatic N) is 6. The zero-order valence-electron chi connectivity index (χ0n) is 15.9. The zero-order chi connectivity index (χ0) is 20.1. The van der Waals surface area contributed by atoms with Crippen LogP contribution in [0.4, 0.5) is 0 Å². The van der Waals surface area contributed by atoms with Gasteiger partial charge in [0.2, 0.25) is 0 Å². The van der Waals surface area contributed by atoms with Crippen LogP contribution in [0.15, 0.2) is 36.9 Å². The highest BCUT2D eigenvalue weighted by Crippen LogP contribution is 2.28. The molecule has 1 N–H and O–H groups in total. The van der Waals surface area contributed by atoms with Crippen LogP contribution < -0.4 is 5.32 Å². The molecule has 3 heterocycles. The Hall–Kier alpha value is -2.00. The van der Waals surface area contributed by atoms with Crippen molar-refractivity contribution in [3.8, 4) is 0 Å². The summed E-state index contributed by atoms with van der Waals surface area (Å²) in [6.45, 7) is 3.08. The maximum absolute atomic E-state index is 6.28. The van der Waals surface area contributed by atoms with Gasteiger partial charge in [0.05, 0.1) is 35.1 Å². The van der Waals surface area contributed by atoms with Gasteiger partial charge in [-0.25, -0.2) is 9.67 Å². The van der Waals surface area contributed by atoms with Crippen molar-refractivity contribution in [1.29, 1.82) is 0 Å². The van der Waals surface area contributed by atoms with Crippen LogP contribution in [-0.2, 0) is 17.8 Å². The molecule has 4 rings (SSSR count). The molecule has 8 nitrogen and oxygen atoms in total. The number of rotatable bonds is 9. The SMILES string of the molecule is Clc1ccc(C(NCCCn2ccnc2)c2nnnn2C[C@@H]2CCCO2)cc1Cl. The van der Waals surface area contributed by atoms with Gasteiger partial charge in [0.25, 0.3) is 0 Å². The molecule has 29 heavy (non-hydrogen) atoms. The predicted octanol–water partition coefficient (Wildman–Crippen LogP) is 3.12. The third-order valence-corrected chi connectivity index (χ3v) is 5.74. The Balaban J connectivity index is 1.51. The van der Waals surface area contributed by atoms with E-state index in [9.17, 15) is 0 Å². The van der Waals surface area contributed by atoms with E-state index < -0.39 is 0 Å². The molecule has 2 atom stereocenters. The molecule has 2 aromatic heterocycles. The lowest BCUT2D eigenvalue weighted by atomic mass is 10.1. The summed E-state index contributed by atoms with van der Waals surface area (Å²) in [7, 11) is 0. The summed E-state index contributed by atoms with van der Waals surface area (Å²) < 4.78 is 9.64. The summed E-state index contributed by atoms with van der Waals surface area (Å²) in [5.74, 6) is 0.738. The van der Waals surface area contributed by atoms with E-state index >= 15 is 0 Å². The van der Waals surface area contributed by atoms with E-state index in [0.717, 1.165) is 50.3 Å². The van der Waals surface area contributed by atoms with Crippen molar-refractivity contribution in [2.24, 2.45) is 0 Å². The van der Waals surface area contributed by atoms with E-state index in [-0.39, 0.29) is 12.1 Å². The monoisotopic (exact) mass is 435 g/mol. The molecule has 10 heteroatoms. The Bertz CT molecular complexity index is 909. The number of halogens is 2. The van der Waals surface area contributed by atoms with Crippen LogP contribution in [0.25, 0.3) is 0 Å². The molecule has 0 spiro atoms. The fourth-order valence-corrected chi connectivity index (χ4v) is 3.81. The first-order valence-electron chi connectivity index (χ1n) is 9.72. The molecule has 1 fully saturated rings. The minimum absolute atomic E-state index is 0.146. The number of aromatic nitrogens is 6. The molecule has 1 aliphatic heterocycles. The van der Waals surface area contributed by atoms with Crippen molar-refractivity contribution in [2.75, 3.05) is 13.2 Å². The quantitative estimate of drug-likeness (QED) is 0.519. The molecule has 154 valence electrons. The number of benzene rings is 1. The van der Waals surface area contributed by atoms with Crippen LogP contribution in [-0.4, -0.2) is 49.0 Å². The van der Waals surface area contributed by atoms with Gasteiger partial charge in [-0.3, -0.25) is 0 Å². The van der Waals surface area contributed by atoms with Crippen LogP contribution in [0.1, 0.15) is 36.7 Å². The van der Waals surface area contributed by atoms with Crippen LogP contribution >= 0.6 is 23.2 Å². The predicted molar refractivity (Wildman–Crippen MR) is 110 cm³/mol. The Labute approximate surface area is 179 Å². The second kappa shape index (κ2) is 9.67. The molecule has 0 bridgehead atoms. The summed E-state index contributed by atoms with van der Waals surface area (Å²) in [6.07, 6.45) is 8.73. The minimum atomic E-state index is -0.205. The highest BCUT2D eigenvalue weighted by atomic mass is 35.5. The van der Waals surface area contributed by atoms with E-state index in [2.05, 4.69) is 30.4 Å². The standard InChI is InChI=1S/C19H23Cl2N7O/c20-16-5-4-14(11-17(16)21)18(23-6-2-8-27-9-7-22-13-27)19-24-25-26-28(19)12-15-3-1-10-29-15/h4-5,7,9,11,13,15,18,23H,1-3,6,8,10,12H2/t15-,18?/m0/s1. The molecular formula is C19H23Cl2N7O. The number of hydrogen-bond acceptors (Lipinski definition) is 6. The fourth-order valence-electron chi connectivity index (χ4n) is 3.51. The van der Waals surface area contributed by atoms with Gasteiger partial charge in [-0.2, -0.15) is 0 Å². The lowest BCUT2D eigenvalue weighted by Crippen LogP contribution is -2.29. The highest BCUT2D eigenvalue weighted by Gasteiger charge is 2.24. The van der Waals surface area contributed by atoms with Crippen molar-refractivity contribution in [1.82, 2.24) is 35.1 Å². The van der Waals surface area contributed by atoms with Gasteiger partial charge in [0.15, 0.2) is 5.82 Å². The van der Waals surface area contributed by atoms with Crippen molar-refractivity contribution >= 4 is 23.2 Å². The summed E-state index contributed by atoms with van der Waals surface area (Å²) in [4.78, 5) is 4.08. The third-order valence-electron chi connectivity index (χ3n) is 5.00. The number of hydrogen-bond donors (Lipinski definition) is 1. The highest BCUT2D eigenvalue weighted by molar-refractivity contribution is 6.42. The molecule has 1 aromatic carbocycles. The van der Waals surface area contributed by atoms with E-state index in [1.807, 2.05) is 29.3 Å². The zero-order valence-corrected chi connectivity index (χ0v) is 17.4. The summed E-state index contributed by atoms with van der Waals surface area (Å²) >= 11 is 12.4. The maximum atomic E-state index is 6.28. The molecular weight excluding hydrogens is 413 g/mol. The normalized spacial score (nSPS) is 17.7. The van der Waals surface area contributed by atoms with Crippen LogP contribution in [0.2, 0.25) is 10.0 Å². The third kappa shape index (κ3) is 5.14. The summed E-state index contributed by atoms with van der Waals surface area (Å²) in [5, 5.41) is 17.0. The first kappa shape index (κ1) is 20.3. The molecule has 1 aliphatic rings. The van der Waals surface area contributed by atoms with E-state index in [1.165, 1.54) is 0 Å². The second-order valence-corrected chi connectivity index (χ2v) is 7.88. The van der Waals surface area contributed by atoms with Crippen LogP contribution in [0, 0.1) is 0 Å². The van der Waals surface area contributed by atoms with Gasteiger partial charge < -0.3 is 14.6 Å². The van der Waals surface area contributed by atoms with Gasteiger partial charge in [0, 0.05) is 25.5 Å². The van der Waals surface area contributed by atoms with Gasteiger partial charge in [-0.1, -0.05) is 29.3 Å². The Morgan fingerprint density at radius 1 is 1.28 bits per heavy atom. The van der Waals surface area contributed by atoms with Gasteiger partial charge in [-0.05, 0) is 53.9 Å². The first-order chi connectivity index (χ1) is 14.2. The Morgan fingerprint density at radius 2 is 2.21 bits per heavy atom. The average molecular weight is 436 g/mol. The number of nitrogens with one attached hydrogen (secondary N) is 1. The Morgan fingerprint density at radius 3 is 2.97 bits per heavy atom. The average Bonchev–Trinajstić information content (AvgIpc) is 3.48. The number of aryl methyl sites for hydroxylation is 1. The van der Waals surface area contributed by atoms with Gasteiger partial charge in [-0.15, -0.1) is 5.10 Å². The van der Waals surface area contributed by atoms with Crippen molar-refractivity contribution in [2.45, 2.75) is 44.5 Å². The van der Waals surface area contributed by atoms with Crippen LogP contribution in [0.5, 0.6) is 0 Å². The number of imidazole rings is 1. The van der Waals surface area contributed by atoms with Gasteiger partial charge in [0.1, 0.15) is 0 Å².